The highest BCUT2D eigenvalue weighted by Gasteiger charge is 2.21. The summed E-state index contributed by atoms with van der Waals surface area (Å²) in [4.78, 5) is 16.2. The van der Waals surface area contributed by atoms with Crippen molar-refractivity contribution in [3.63, 3.8) is 0 Å². The first-order valence-corrected chi connectivity index (χ1v) is 7.20. The van der Waals surface area contributed by atoms with Crippen LogP contribution in [0, 0.1) is 6.92 Å². The van der Waals surface area contributed by atoms with Crippen molar-refractivity contribution in [2.75, 3.05) is 7.11 Å². The van der Waals surface area contributed by atoms with Gasteiger partial charge in [-0.3, -0.25) is 0 Å². The lowest BCUT2D eigenvalue weighted by atomic mass is 10.1. The molecule has 0 unspecified atom stereocenters. The number of carbonyl (C=O) groups is 1. The van der Waals surface area contributed by atoms with Crippen LogP contribution in [0.4, 0.5) is 0 Å². The maximum atomic E-state index is 11.7. The summed E-state index contributed by atoms with van der Waals surface area (Å²) in [5, 5.41) is 0. The molecule has 20 heavy (non-hydrogen) atoms. The van der Waals surface area contributed by atoms with E-state index in [1.54, 1.807) is 0 Å². The van der Waals surface area contributed by atoms with Crippen molar-refractivity contribution in [1.29, 1.82) is 0 Å². The highest BCUT2D eigenvalue weighted by molar-refractivity contribution is 9.10. The van der Waals surface area contributed by atoms with E-state index < -0.39 is 5.97 Å². The smallest absolute Gasteiger partial charge is 0.376 e. The van der Waals surface area contributed by atoms with Crippen molar-refractivity contribution in [3.8, 4) is 11.5 Å². The van der Waals surface area contributed by atoms with Crippen LogP contribution in [0.1, 0.15) is 35.2 Å². The topological polar surface area (TPSA) is 52.3 Å². The third-order valence-electron chi connectivity index (χ3n) is 2.84. The number of benzene rings is 1. The second-order valence-corrected chi connectivity index (χ2v) is 5.47. The van der Waals surface area contributed by atoms with Crippen molar-refractivity contribution in [3.05, 3.63) is 39.7 Å². The molecular weight excluding hydrogens is 322 g/mol. The Kier molecular flexibility index (Phi) is 4.60. The largest absolute Gasteiger partial charge is 0.463 e. The van der Waals surface area contributed by atoms with Crippen LogP contribution >= 0.6 is 15.9 Å². The molecule has 1 aromatic heterocycles. The Labute approximate surface area is 126 Å². The van der Waals surface area contributed by atoms with E-state index in [-0.39, 0.29) is 5.76 Å². The van der Waals surface area contributed by atoms with Gasteiger partial charge in [-0.05, 0) is 37.1 Å². The zero-order valence-corrected chi connectivity index (χ0v) is 13.3. The molecule has 2 rings (SSSR count). The number of aromatic nitrogens is 1. The molecule has 0 atom stereocenters. The zero-order valence-electron chi connectivity index (χ0n) is 11.7. The number of oxazole rings is 1. The minimum atomic E-state index is -0.487. The van der Waals surface area contributed by atoms with Gasteiger partial charge in [0.2, 0.25) is 11.7 Å². The number of carbonyl (C=O) groups excluding carboxylic acids is 1. The SMILES string of the molecule is CCCc1nc(-c2cc(C)cc(Br)c2)oc1C(=O)OC. The molecule has 5 heteroatoms. The second-order valence-electron chi connectivity index (χ2n) is 4.55. The Balaban J connectivity index is 2.49. The van der Waals surface area contributed by atoms with Crippen LogP contribution in [0.3, 0.4) is 0 Å². The van der Waals surface area contributed by atoms with Crippen LogP contribution < -0.4 is 0 Å². The van der Waals surface area contributed by atoms with E-state index in [4.69, 9.17) is 9.15 Å². The zero-order chi connectivity index (χ0) is 14.7. The predicted molar refractivity (Wildman–Crippen MR) is 79.7 cm³/mol. The molecule has 106 valence electrons. The summed E-state index contributed by atoms with van der Waals surface area (Å²) in [5.41, 5.74) is 2.57. The van der Waals surface area contributed by atoms with Gasteiger partial charge in [-0.25, -0.2) is 9.78 Å². The Morgan fingerprint density at radius 1 is 1.40 bits per heavy atom. The van der Waals surface area contributed by atoms with E-state index in [1.165, 1.54) is 7.11 Å². The number of rotatable bonds is 4. The molecule has 0 fully saturated rings. The third-order valence-corrected chi connectivity index (χ3v) is 3.30. The fourth-order valence-corrected chi connectivity index (χ4v) is 2.60. The summed E-state index contributed by atoms with van der Waals surface area (Å²) in [7, 11) is 1.34. The average molecular weight is 338 g/mol. The normalized spacial score (nSPS) is 10.6. The highest BCUT2D eigenvalue weighted by atomic mass is 79.9. The van der Waals surface area contributed by atoms with Crippen LogP contribution in [0.15, 0.2) is 27.1 Å². The Morgan fingerprint density at radius 3 is 2.75 bits per heavy atom. The number of hydrogen-bond acceptors (Lipinski definition) is 4. The maximum absolute atomic E-state index is 11.7. The first-order chi connectivity index (χ1) is 9.55. The monoisotopic (exact) mass is 337 g/mol. The third kappa shape index (κ3) is 3.10. The van der Waals surface area contributed by atoms with E-state index in [9.17, 15) is 4.79 Å². The fraction of sp³-hybridized carbons (Fsp3) is 0.333. The molecule has 0 radical (unpaired) electrons. The Morgan fingerprint density at radius 2 is 2.15 bits per heavy atom. The summed E-state index contributed by atoms with van der Waals surface area (Å²) < 4.78 is 11.3. The summed E-state index contributed by atoms with van der Waals surface area (Å²) in [6.45, 7) is 4.02. The van der Waals surface area contributed by atoms with Gasteiger partial charge >= 0.3 is 5.97 Å². The van der Waals surface area contributed by atoms with Crippen molar-refractivity contribution >= 4 is 21.9 Å². The van der Waals surface area contributed by atoms with E-state index in [1.807, 2.05) is 32.0 Å². The van der Waals surface area contributed by atoms with Gasteiger partial charge in [0.05, 0.1) is 12.8 Å². The molecule has 4 nitrogen and oxygen atoms in total. The Hall–Kier alpha value is -1.62. The molecule has 1 aromatic carbocycles. The summed E-state index contributed by atoms with van der Waals surface area (Å²) in [5.74, 6) is 0.152. The predicted octanol–water partition coefficient (Wildman–Crippen LogP) is 4.15. The molecule has 2 aromatic rings. The van der Waals surface area contributed by atoms with Crippen LogP contribution in [-0.2, 0) is 11.2 Å². The van der Waals surface area contributed by atoms with Gasteiger partial charge in [-0.2, -0.15) is 0 Å². The average Bonchev–Trinajstić information content (AvgIpc) is 2.81. The summed E-state index contributed by atoms with van der Waals surface area (Å²) >= 11 is 3.45. The minimum Gasteiger partial charge on any atom is -0.463 e. The van der Waals surface area contributed by atoms with Gasteiger partial charge in [0, 0.05) is 10.0 Å². The van der Waals surface area contributed by atoms with E-state index >= 15 is 0 Å². The molecule has 0 aliphatic carbocycles. The molecule has 1 heterocycles. The lowest BCUT2D eigenvalue weighted by Crippen LogP contribution is -2.03. The van der Waals surface area contributed by atoms with Crippen LogP contribution in [-0.4, -0.2) is 18.1 Å². The van der Waals surface area contributed by atoms with Crippen molar-refractivity contribution in [1.82, 2.24) is 4.98 Å². The van der Waals surface area contributed by atoms with Crippen LogP contribution in [0.2, 0.25) is 0 Å². The van der Waals surface area contributed by atoms with Crippen molar-refractivity contribution in [2.24, 2.45) is 0 Å². The molecule has 0 saturated heterocycles. The first kappa shape index (κ1) is 14.8. The van der Waals surface area contributed by atoms with Gasteiger partial charge in [-0.15, -0.1) is 0 Å². The van der Waals surface area contributed by atoms with E-state index in [2.05, 4.69) is 20.9 Å². The van der Waals surface area contributed by atoms with Gasteiger partial charge in [-0.1, -0.05) is 29.3 Å². The maximum Gasteiger partial charge on any atom is 0.376 e. The first-order valence-electron chi connectivity index (χ1n) is 6.40. The molecule has 0 aliphatic heterocycles. The van der Waals surface area contributed by atoms with Crippen LogP contribution in [0.25, 0.3) is 11.5 Å². The number of esters is 1. The fourth-order valence-electron chi connectivity index (χ4n) is 1.99. The lowest BCUT2D eigenvalue weighted by molar-refractivity contribution is 0.0564. The number of ether oxygens (including phenoxy) is 1. The number of nitrogens with zero attached hydrogens (tertiary/aromatic N) is 1. The van der Waals surface area contributed by atoms with E-state index in [0.29, 0.717) is 18.0 Å². The van der Waals surface area contributed by atoms with Crippen molar-refractivity contribution < 1.29 is 13.9 Å². The molecule has 0 bridgehead atoms. The van der Waals surface area contributed by atoms with Crippen molar-refractivity contribution in [2.45, 2.75) is 26.7 Å². The minimum absolute atomic E-state index is 0.196. The molecule has 0 aliphatic rings. The quantitative estimate of drug-likeness (QED) is 0.786. The van der Waals surface area contributed by atoms with E-state index in [0.717, 1.165) is 22.0 Å². The molecule has 0 saturated carbocycles. The summed E-state index contributed by atoms with van der Waals surface area (Å²) in [6, 6.07) is 5.88. The van der Waals surface area contributed by atoms with Gasteiger partial charge in [0.15, 0.2) is 0 Å². The van der Waals surface area contributed by atoms with Gasteiger partial charge < -0.3 is 9.15 Å². The number of hydrogen-bond donors (Lipinski definition) is 0. The second kappa shape index (κ2) is 6.22. The van der Waals surface area contributed by atoms with Gasteiger partial charge in [0.1, 0.15) is 0 Å². The molecule has 0 N–H and O–H groups in total. The Bertz CT molecular complexity index is 614. The number of methoxy groups -OCH3 is 1. The summed E-state index contributed by atoms with van der Waals surface area (Å²) in [6.07, 6.45) is 1.56. The van der Waals surface area contributed by atoms with Gasteiger partial charge in [0.25, 0.3) is 0 Å². The molecular formula is C15H16BrNO3. The molecule has 0 amide bonds. The molecule has 0 spiro atoms. The number of aryl methyl sites for hydroxylation is 2. The number of halogens is 1. The lowest BCUT2D eigenvalue weighted by Gasteiger charge is -1.99. The standard InChI is InChI=1S/C15H16BrNO3/c1-4-5-12-13(15(18)19-3)20-14(17-12)10-6-9(2)7-11(16)8-10/h6-8H,4-5H2,1-3H3. The van der Waals surface area contributed by atoms with Crippen LogP contribution in [0.5, 0.6) is 0 Å². The highest BCUT2D eigenvalue weighted by Crippen LogP contribution is 2.27.